The zero-order valence-electron chi connectivity index (χ0n) is 12.3. The van der Waals surface area contributed by atoms with E-state index in [9.17, 15) is 0 Å². The Kier molecular flexibility index (Phi) is 5.68. The summed E-state index contributed by atoms with van der Waals surface area (Å²) in [4.78, 5) is 12.6. The monoisotopic (exact) mass is 292 g/mol. The van der Waals surface area contributed by atoms with E-state index in [-0.39, 0.29) is 0 Å². The molecule has 21 heavy (non-hydrogen) atoms. The SMILES string of the molecule is CCCNc1nc(NCCCn2ccnn2)nc(OC)n1. The quantitative estimate of drug-likeness (QED) is 0.654. The summed E-state index contributed by atoms with van der Waals surface area (Å²) in [5.74, 6) is 1.02. The van der Waals surface area contributed by atoms with E-state index in [0.29, 0.717) is 17.9 Å². The van der Waals surface area contributed by atoms with Gasteiger partial charge >= 0.3 is 6.01 Å². The second-order valence-electron chi connectivity index (χ2n) is 4.34. The smallest absolute Gasteiger partial charge is 0.322 e. The highest BCUT2D eigenvalue weighted by Gasteiger charge is 2.05. The molecule has 2 heterocycles. The Labute approximate surface area is 123 Å². The zero-order valence-corrected chi connectivity index (χ0v) is 12.3. The highest BCUT2D eigenvalue weighted by molar-refractivity contribution is 5.35. The number of hydrogen-bond acceptors (Lipinski definition) is 8. The van der Waals surface area contributed by atoms with Gasteiger partial charge in [-0.15, -0.1) is 5.10 Å². The number of nitrogens with zero attached hydrogens (tertiary/aromatic N) is 6. The molecule has 2 aromatic rings. The van der Waals surface area contributed by atoms with Crippen LogP contribution in [0.25, 0.3) is 0 Å². The van der Waals surface area contributed by atoms with Gasteiger partial charge in [0.15, 0.2) is 0 Å². The van der Waals surface area contributed by atoms with E-state index in [1.54, 1.807) is 10.9 Å². The molecule has 114 valence electrons. The van der Waals surface area contributed by atoms with Gasteiger partial charge in [-0.1, -0.05) is 12.1 Å². The summed E-state index contributed by atoms with van der Waals surface area (Å²) >= 11 is 0. The highest BCUT2D eigenvalue weighted by atomic mass is 16.5. The van der Waals surface area contributed by atoms with Gasteiger partial charge < -0.3 is 15.4 Å². The highest BCUT2D eigenvalue weighted by Crippen LogP contribution is 2.10. The number of nitrogens with one attached hydrogen (secondary N) is 2. The van der Waals surface area contributed by atoms with Crippen LogP contribution in [0.2, 0.25) is 0 Å². The van der Waals surface area contributed by atoms with E-state index in [1.807, 2.05) is 6.20 Å². The largest absolute Gasteiger partial charge is 0.467 e. The van der Waals surface area contributed by atoms with E-state index < -0.39 is 0 Å². The lowest BCUT2D eigenvalue weighted by Gasteiger charge is -2.09. The molecule has 0 saturated carbocycles. The molecule has 0 amide bonds. The van der Waals surface area contributed by atoms with Crippen molar-refractivity contribution in [3.8, 4) is 6.01 Å². The molecular formula is C12H20N8O. The van der Waals surface area contributed by atoms with Gasteiger partial charge in [0.1, 0.15) is 0 Å². The summed E-state index contributed by atoms with van der Waals surface area (Å²) in [6.07, 6.45) is 5.37. The van der Waals surface area contributed by atoms with Gasteiger partial charge in [0.2, 0.25) is 11.9 Å². The van der Waals surface area contributed by atoms with Gasteiger partial charge in [-0.05, 0) is 12.8 Å². The van der Waals surface area contributed by atoms with Crippen LogP contribution in [0.5, 0.6) is 6.01 Å². The van der Waals surface area contributed by atoms with Crippen LogP contribution < -0.4 is 15.4 Å². The maximum absolute atomic E-state index is 5.08. The van der Waals surface area contributed by atoms with Gasteiger partial charge in [0.05, 0.1) is 13.3 Å². The molecule has 0 unspecified atom stereocenters. The Hall–Kier alpha value is -2.45. The molecule has 0 radical (unpaired) electrons. The van der Waals surface area contributed by atoms with Gasteiger partial charge in [0.25, 0.3) is 0 Å². The zero-order chi connectivity index (χ0) is 14.9. The van der Waals surface area contributed by atoms with E-state index >= 15 is 0 Å². The lowest BCUT2D eigenvalue weighted by Crippen LogP contribution is -2.12. The molecule has 0 saturated heterocycles. The summed E-state index contributed by atoms with van der Waals surface area (Å²) in [5, 5.41) is 13.9. The molecule has 0 aliphatic rings. The van der Waals surface area contributed by atoms with Crippen LogP contribution in [0.15, 0.2) is 12.4 Å². The average molecular weight is 292 g/mol. The van der Waals surface area contributed by atoms with Crippen LogP contribution in [0.1, 0.15) is 19.8 Å². The summed E-state index contributed by atoms with van der Waals surface area (Å²) in [7, 11) is 1.54. The summed E-state index contributed by atoms with van der Waals surface area (Å²) in [5.41, 5.74) is 0. The van der Waals surface area contributed by atoms with Crippen molar-refractivity contribution >= 4 is 11.9 Å². The third-order valence-electron chi connectivity index (χ3n) is 2.65. The molecule has 9 nitrogen and oxygen atoms in total. The van der Waals surface area contributed by atoms with E-state index in [2.05, 4.69) is 42.8 Å². The summed E-state index contributed by atoms with van der Waals surface area (Å²) in [6.45, 7) is 4.39. The Balaban J connectivity index is 1.85. The predicted octanol–water partition coefficient (Wildman–Crippen LogP) is 0.796. The normalized spacial score (nSPS) is 10.4. The van der Waals surface area contributed by atoms with Crippen molar-refractivity contribution in [1.82, 2.24) is 29.9 Å². The predicted molar refractivity (Wildman–Crippen MR) is 78.3 cm³/mol. The fourth-order valence-electron chi connectivity index (χ4n) is 1.64. The van der Waals surface area contributed by atoms with Gasteiger partial charge in [-0.25, -0.2) is 0 Å². The Bertz CT molecular complexity index is 530. The van der Waals surface area contributed by atoms with Crippen LogP contribution >= 0.6 is 0 Å². The number of ether oxygens (including phenoxy) is 1. The van der Waals surface area contributed by atoms with E-state index in [1.165, 1.54) is 7.11 Å². The summed E-state index contributed by atoms with van der Waals surface area (Å²) in [6, 6.07) is 0.294. The lowest BCUT2D eigenvalue weighted by molar-refractivity contribution is 0.379. The molecule has 0 spiro atoms. The molecule has 0 aromatic carbocycles. The molecule has 0 fully saturated rings. The maximum Gasteiger partial charge on any atom is 0.322 e. The minimum atomic E-state index is 0.294. The molecule has 0 aliphatic heterocycles. The summed E-state index contributed by atoms with van der Waals surface area (Å²) < 4.78 is 6.86. The third-order valence-corrected chi connectivity index (χ3v) is 2.65. The van der Waals surface area contributed by atoms with Crippen molar-refractivity contribution in [2.45, 2.75) is 26.3 Å². The average Bonchev–Trinajstić information content (AvgIpc) is 3.02. The Morgan fingerprint density at radius 3 is 2.52 bits per heavy atom. The number of hydrogen-bond donors (Lipinski definition) is 2. The molecule has 2 rings (SSSR count). The topological polar surface area (TPSA) is 103 Å². The first-order chi connectivity index (χ1) is 10.3. The second-order valence-corrected chi connectivity index (χ2v) is 4.34. The van der Waals surface area contributed by atoms with Crippen LogP contribution in [-0.2, 0) is 6.54 Å². The first-order valence-electron chi connectivity index (χ1n) is 6.93. The fourth-order valence-corrected chi connectivity index (χ4v) is 1.64. The van der Waals surface area contributed by atoms with Crippen LogP contribution in [0, 0.1) is 0 Å². The van der Waals surface area contributed by atoms with Crippen molar-refractivity contribution in [2.75, 3.05) is 30.8 Å². The molecular weight excluding hydrogens is 272 g/mol. The third kappa shape index (κ3) is 4.86. The molecule has 0 aliphatic carbocycles. The van der Waals surface area contributed by atoms with Crippen LogP contribution in [-0.4, -0.2) is 50.1 Å². The number of aryl methyl sites for hydroxylation is 1. The van der Waals surface area contributed by atoms with Crippen molar-refractivity contribution in [3.05, 3.63) is 12.4 Å². The van der Waals surface area contributed by atoms with Crippen molar-refractivity contribution in [1.29, 1.82) is 0 Å². The lowest BCUT2D eigenvalue weighted by atomic mass is 10.4. The molecule has 2 N–H and O–H groups in total. The number of aromatic nitrogens is 6. The minimum absolute atomic E-state index is 0.294. The van der Waals surface area contributed by atoms with Crippen molar-refractivity contribution in [3.63, 3.8) is 0 Å². The first kappa shape index (κ1) is 14.9. The molecule has 0 bridgehead atoms. The van der Waals surface area contributed by atoms with Crippen molar-refractivity contribution in [2.24, 2.45) is 0 Å². The number of anilines is 2. The standard InChI is InChI=1S/C12H20N8O/c1-3-5-13-10-16-11(18-12(17-10)21-2)14-6-4-8-20-9-7-15-19-20/h7,9H,3-6,8H2,1-2H3,(H2,13,14,16,17,18). The van der Waals surface area contributed by atoms with Gasteiger partial charge in [0, 0.05) is 25.8 Å². The molecule has 9 heteroatoms. The fraction of sp³-hybridized carbons (Fsp3) is 0.583. The van der Waals surface area contributed by atoms with E-state index in [0.717, 1.165) is 32.5 Å². The van der Waals surface area contributed by atoms with Crippen LogP contribution in [0.4, 0.5) is 11.9 Å². The molecule has 2 aromatic heterocycles. The number of methoxy groups -OCH3 is 1. The minimum Gasteiger partial charge on any atom is -0.467 e. The van der Waals surface area contributed by atoms with E-state index in [4.69, 9.17) is 4.74 Å². The van der Waals surface area contributed by atoms with Gasteiger partial charge in [-0.3, -0.25) is 4.68 Å². The Morgan fingerprint density at radius 2 is 1.90 bits per heavy atom. The second kappa shape index (κ2) is 7.98. The Morgan fingerprint density at radius 1 is 1.14 bits per heavy atom. The first-order valence-corrected chi connectivity index (χ1v) is 6.93. The van der Waals surface area contributed by atoms with Crippen molar-refractivity contribution < 1.29 is 4.74 Å². The maximum atomic E-state index is 5.08. The van der Waals surface area contributed by atoms with Gasteiger partial charge in [-0.2, -0.15) is 15.0 Å². The molecule has 0 atom stereocenters. The van der Waals surface area contributed by atoms with Crippen LogP contribution in [0.3, 0.4) is 0 Å². The number of rotatable bonds is 9.